The molecule has 51 heavy (non-hydrogen) atoms. The molecule has 0 bridgehead atoms. The van der Waals surface area contributed by atoms with Crippen molar-refractivity contribution in [2.24, 2.45) is 0 Å². The van der Waals surface area contributed by atoms with E-state index in [0.717, 1.165) is 24.9 Å². The Labute approximate surface area is 289 Å². The molecule has 4 heterocycles. The van der Waals surface area contributed by atoms with Crippen LogP contribution in [0, 0.1) is 11.6 Å². The van der Waals surface area contributed by atoms with Crippen molar-refractivity contribution >= 4 is 23.2 Å². The first-order chi connectivity index (χ1) is 24.5. The maximum Gasteiger partial charge on any atom is 0.433 e. The molecule has 2 fully saturated rings. The minimum Gasteiger partial charge on any atom is -0.478 e. The van der Waals surface area contributed by atoms with Crippen molar-refractivity contribution < 1.29 is 45.8 Å². The number of nitrogens with zero attached hydrogens (tertiary/aromatic N) is 2. The number of morpholine rings is 2. The van der Waals surface area contributed by atoms with Crippen LogP contribution in [0.5, 0.6) is 5.88 Å². The van der Waals surface area contributed by atoms with Gasteiger partial charge in [0, 0.05) is 78.3 Å². The number of nitrogens with one attached hydrogen (secondary N) is 4. The molecule has 0 aliphatic carbocycles. The van der Waals surface area contributed by atoms with Crippen molar-refractivity contribution in [3.63, 3.8) is 0 Å². The number of anilines is 2. The Bertz CT molecular complexity index is 1820. The van der Waals surface area contributed by atoms with Crippen molar-refractivity contribution in [1.29, 1.82) is 0 Å². The Morgan fingerprint density at radius 2 is 1.29 bits per heavy atom. The van der Waals surface area contributed by atoms with E-state index in [0.29, 0.717) is 73.8 Å². The van der Waals surface area contributed by atoms with Crippen molar-refractivity contribution in [3.05, 3.63) is 113 Å². The highest BCUT2D eigenvalue weighted by atomic mass is 19.4. The topological polar surface area (TPSA) is 136 Å². The lowest BCUT2D eigenvalue weighted by molar-refractivity contribution is -0.141. The van der Waals surface area contributed by atoms with Crippen molar-refractivity contribution in [1.82, 2.24) is 20.6 Å². The van der Waals surface area contributed by atoms with E-state index in [-0.39, 0.29) is 23.3 Å². The third-order valence-electron chi connectivity index (χ3n) is 7.67. The lowest BCUT2D eigenvalue weighted by atomic mass is 10.1. The number of hydrogen-bond donors (Lipinski definition) is 4. The van der Waals surface area contributed by atoms with Gasteiger partial charge in [-0.05, 0) is 49.4 Å². The summed E-state index contributed by atoms with van der Waals surface area (Å²) in [4.78, 5) is 31.7. The first-order valence-corrected chi connectivity index (χ1v) is 16.0. The maximum absolute atomic E-state index is 14.4. The van der Waals surface area contributed by atoms with Crippen LogP contribution in [0.1, 0.15) is 56.7 Å². The Balaban J connectivity index is 0.000000198. The summed E-state index contributed by atoms with van der Waals surface area (Å²) in [5, 5.41) is 11.3. The number of ether oxygens (including phenoxy) is 3. The molecule has 2 amide bonds. The van der Waals surface area contributed by atoms with Gasteiger partial charge in [0.15, 0.2) is 0 Å². The van der Waals surface area contributed by atoms with Crippen molar-refractivity contribution in [2.75, 3.05) is 56.6 Å². The number of aromatic nitrogens is 2. The molecule has 4 aromatic rings. The zero-order chi connectivity index (χ0) is 36.4. The average molecular weight is 715 g/mol. The molecule has 0 saturated carbocycles. The van der Waals surface area contributed by atoms with E-state index in [1.807, 2.05) is 6.92 Å². The lowest BCUT2D eigenvalue weighted by Gasteiger charge is -2.24. The van der Waals surface area contributed by atoms with Crippen molar-refractivity contribution in [2.45, 2.75) is 25.3 Å². The lowest BCUT2D eigenvalue weighted by Crippen LogP contribution is -2.33. The SMILES string of the molecule is CCOc1cc(C(=O)Nc2ccc([C@@H]3CNCCO3)c(F)c2)ccn1.O=C(Nc1ccc([C@@H]2CNCCO2)c(F)c1)c1ccnc(C(F)(F)F)c1. The third kappa shape index (κ3) is 10.3. The van der Waals surface area contributed by atoms with Gasteiger partial charge in [0.1, 0.15) is 17.3 Å². The van der Waals surface area contributed by atoms with Gasteiger partial charge in [-0.1, -0.05) is 12.1 Å². The summed E-state index contributed by atoms with van der Waals surface area (Å²) < 4.78 is 83.0. The van der Waals surface area contributed by atoms with E-state index in [1.54, 1.807) is 24.3 Å². The molecule has 16 heteroatoms. The van der Waals surface area contributed by atoms with Crippen LogP contribution in [-0.4, -0.2) is 67.8 Å². The van der Waals surface area contributed by atoms with E-state index in [2.05, 4.69) is 31.2 Å². The minimum atomic E-state index is -4.65. The summed E-state index contributed by atoms with van der Waals surface area (Å²) in [5.74, 6) is -1.75. The molecule has 2 aliphatic rings. The molecule has 2 atom stereocenters. The van der Waals surface area contributed by atoms with Crippen LogP contribution in [0.15, 0.2) is 73.1 Å². The van der Waals surface area contributed by atoms with E-state index in [4.69, 9.17) is 14.2 Å². The molecule has 0 spiro atoms. The monoisotopic (exact) mass is 714 g/mol. The number of hydrogen-bond acceptors (Lipinski definition) is 9. The molecule has 2 saturated heterocycles. The summed E-state index contributed by atoms with van der Waals surface area (Å²) in [6.45, 7) is 5.81. The van der Waals surface area contributed by atoms with E-state index in [1.165, 1.54) is 24.4 Å². The van der Waals surface area contributed by atoms with Crippen LogP contribution >= 0.6 is 0 Å². The highest BCUT2D eigenvalue weighted by Gasteiger charge is 2.33. The van der Waals surface area contributed by atoms with Crippen LogP contribution in [0.2, 0.25) is 0 Å². The zero-order valence-corrected chi connectivity index (χ0v) is 27.4. The Morgan fingerprint density at radius 1 is 0.784 bits per heavy atom. The predicted molar refractivity (Wildman–Crippen MR) is 176 cm³/mol. The summed E-state index contributed by atoms with van der Waals surface area (Å²) in [6.07, 6.45) is -3.00. The fourth-order valence-electron chi connectivity index (χ4n) is 5.17. The first kappa shape index (κ1) is 37.2. The smallest absolute Gasteiger partial charge is 0.433 e. The van der Waals surface area contributed by atoms with Gasteiger partial charge in [0.25, 0.3) is 11.8 Å². The predicted octanol–water partition coefficient (Wildman–Crippen LogP) is 5.69. The zero-order valence-electron chi connectivity index (χ0n) is 27.4. The molecule has 0 radical (unpaired) electrons. The molecule has 2 aliphatic heterocycles. The standard InChI is InChI=1S/C18H20FN3O3.C17H15F4N3O2/c1-2-24-17-9-12(5-6-21-17)18(23)22-13-3-4-14(15(19)10-13)16-11-20-7-8-25-16;18-13-8-11(1-2-12(13)14-9-22-5-6-26-14)24-16(25)10-3-4-23-15(7-10)17(19,20)21/h3-6,9-10,16,20H,2,7-8,11H2,1H3,(H,22,23);1-4,7-8,14,22H,5-6,9H2,(H,24,25)/t16-;14-/m00/s1. The molecule has 2 aromatic heterocycles. The summed E-state index contributed by atoms with van der Waals surface area (Å²) in [5.41, 5.74) is 0.328. The van der Waals surface area contributed by atoms with Gasteiger partial charge in [-0.25, -0.2) is 13.8 Å². The number of benzene rings is 2. The second-order valence-electron chi connectivity index (χ2n) is 11.3. The number of rotatable bonds is 8. The minimum absolute atomic E-state index is 0.130. The molecular weight excluding hydrogens is 679 g/mol. The number of amides is 2. The second kappa shape index (κ2) is 17.3. The largest absolute Gasteiger partial charge is 0.478 e. The third-order valence-corrected chi connectivity index (χ3v) is 7.67. The van der Waals surface area contributed by atoms with Gasteiger partial charge in [-0.2, -0.15) is 13.2 Å². The van der Waals surface area contributed by atoms with Crippen LogP contribution in [0.4, 0.5) is 33.3 Å². The molecule has 2 aromatic carbocycles. The summed E-state index contributed by atoms with van der Waals surface area (Å²) in [6, 6.07) is 13.6. The average Bonchev–Trinajstić information content (AvgIpc) is 3.13. The normalized spacial score (nSPS) is 17.5. The molecule has 0 unspecified atom stereocenters. The Morgan fingerprint density at radius 3 is 1.75 bits per heavy atom. The number of alkyl halides is 3. The number of carbonyl (C=O) groups is 2. The molecule has 6 rings (SSSR count). The van der Waals surface area contributed by atoms with Gasteiger partial charge in [-0.3, -0.25) is 14.6 Å². The van der Waals surface area contributed by atoms with Gasteiger partial charge >= 0.3 is 6.18 Å². The highest BCUT2D eigenvalue weighted by molar-refractivity contribution is 6.05. The van der Waals surface area contributed by atoms with E-state index >= 15 is 0 Å². The number of halogens is 5. The van der Waals surface area contributed by atoms with Gasteiger partial charge in [-0.15, -0.1) is 0 Å². The van der Waals surface area contributed by atoms with Gasteiger partial charge in [0.2, 0.25) is 5.88 Å². The van der Waals surface area contributed by atoms with Gasteiger partial charge < -0.3 is 35.5 Å². The Kier molecular flexibility index (Phi) is 12.6. The maximum atomic E-state index is 14.4. The molecule has 4 N–H and O–H groups in total. The second-order valence-corrected chi connectivity index (χ2v) is 11.3. The number of carbonyl (C=O) groups excluding carboxylic acids is 2. The van der Waals surface area contributed by atoms with Gasteiger partial charge in [0.05, 0.1) is 32.0 Å². The molecule has 270 valence electrons. The van der Waals surface area contributed by atoms with E-state index < -0.39 is 35.5 Å². The van der Waals surface area contributed by atoms with Crippen LogP contribution in [0.25, 0.3) is 0 Å². The molecule has 11 nitrogen and oxygen atoms in total. The summed E-state index contributed by atoms with van der Waals surface area (Å²) in [7, 11) is 0. The first-order valence-electron chi connectivity index (χ1n) is 16.0. The van der Waals surface area contributed by atoms with Crippen LogP contribution in [-0.2, 0) is 15.7 Å². The quantitative estimate of drug-likeness (QED) is 0.170. The summed E-state index contributed by atoms with van der Waals surface area (Å²) >= 11 is 0. The highest BCUT2D eigenvalue weighted by Crippen LogP contribution is 2.29. The number of pyridine rings is 2. The fourth-order valence-corrected chi connectivity index (χ4v) is 5.17. The van der Waals surface area contributed by atoms with Crippen molar-refractivity contribution in [3.8, 4) is 5.88 Å². The fraction of sp³-hybridized carbons (Fsp3) is 0.314. The van der Waals surface area contributed by atoms with Crippen LogP contribution in [0.3, 0.4) is 0 Å². The molecular formula is C35H35F5N6O5. The Hall–Kier alpha value is -5.03. The van der Waals surface area contributed by atoms with E-state index in [9.17, 15) is 31.5 Å². The van der Waals surface area contributed by atoms with Crippen LogP contribution < -0.4 is 26.0 Å².